The van der Waals surface area contributed by atoms with Gasteiger partial charge in [0.15, 0.2) is 0 Å². The second-order valence-corrected chi connectivity index (χ2v) is 3.29. The Morgan fingerprint density at radius 3 is 3.13 bits per heavy atom. The Balaban J connectivity index is 2.43. The molecule has 0 saturated heterocycles. The van der Waals surface area contributed by atoms with E-state index in [2.05, 4.69) is 23.3 Å². The molecular weight excluding hydrogens is 188 g/mol. The van der Waals surface area contributed by atoms with Gasteiger partial charge in [-0.25, -0.2) is 4.98 Å². The minimum absolute atomic E-state index is 0.651. The van der Waals surface area contributed by atoms with Crippen molar-refractivity contribution in [1.82, 2.24) is 14.7 Å². The van der Waals surface area contributed by atoms with Crippen LogP contribution >= 0.6 is 0 Å². The lowest BCUT2D eigenvalue weighted by Crippen LogP contribution is -2.13. The van der Waals surface area contributed by atoms with Crippen molar-refractivity contribution < 1.29 is 0 Å². The van der Waals surface area contributed by atoms with E-state index in [-0.39, 0.29) is 0 Å². The van der Waals surface area contributed by atoms with Crippen molar-refractivity contribution in [2.45, 2.75) is 13.5 Å². The maximum Gasteiger partial charge on any atom is 0.137 e. The van der Waals surface area contributed by atoms with Gasteiger partial charge in [0.1, 0.15) is 11.7 Å². The molecule has 2 aromatic heterocycles. The summed E-state index contributed by atoms with van der Waals surface area (Å²) in [6.45, 7) is 3.75. The molecular formula is C11H12N4. The molecule has 76 valence electrons. The minimum Gasteiger partial charge on any atom is -0.311 e. The van der Waals surface area contributed by atoms with Gasteiger partial charge in [0.25, 0.3) is 0 Å². The topological polar surface area (TPSA) is 53.1 Å². The fraction of sp³-hybridized carbons (Fsp3) is 0.273. The predicted octanol–water partition coefficient (Wildman–Crippen LogP) is 1.32. The fourth-order valence-electron chi connectivity index (χ4n) is 1.48. The van der Waals surface area contributed by atoms with Crippen LogP contribution in [0.15, 0.2) is 24.5 Å². The number of rotatable bonds is 3. The second kappa shape index (κ2) is 4.11. The van der Waals surface area contributed by atoms with Crippen molar-refractivity contribution >= 4 is 5.65 Å². The van der Waals surface area contributed by atoms with Crippen LogP contribution in [0, 0.1) is 11.3 Å². The molecule has 0 spiro atoms. The zero-order valence-electron chi connectivity index (χ0n) is 8.57. The van der Waals surface area contributed by atoms with Crippen LogP contribution < -0.4 is 5.32 Å². The molecule has 4 heteroatoms. The molecule has 0 unspecified atom stereocenters. The van der Waals surface area contributed by atoms with Gasteiger partial charge in [0, 0.05) is 12.7 Å². The molecule has 0 amide bonds. The number of nitrogens with zero attached hydrogens (tertiary/aromatic N) is 3. The maximum atomic E-state index is 8.80. The van der Waals surface area contributed by atoms with Crippen molar-refractivity contribution in [2.75, 3.05) is 6.54 Å². The molecule has 0 saturated carbocycles. The maximum absolute atomic E-state index is 8.80. The number of fused-ring (bicyclic) bond motifs is 1. The number of pyridine rings is 1. The van der Waals surface area contributed by atoms with Crippen molar-refractivity contribution in [2.24, 2.45) is 0 Å². The largest absolute Gasteiger partial charge is 0.311 e. The molecule has 0 atom stereocenters. The van der Waals surface area contributed by atoms with Crippen molar-refractivity contribution in [1.29, 1.82) is 5.26 Å². The molecule has 2 heterocycles. The summed E-state index contributed by atoms with van der Waals surface area (Å²) in [4.78, 5) is 4.26. The Hall–Kier alpha value is -1.86. The van der Waals surface area contributed by atoms with Crippen LogP contribution in [-0.4, -0.2) is 15.9 Å². The lowest BCUT2D eigenvalue weighted by atomic mass is 10.3. The number of aromatic nitrogens is 2. The molecule has 0 radical (unpaired) electrons. The van der Waals surface area contributed by atoms with Gasteiger partial charge in [0.05, 0.1) is 17.5 Å². The van der Waals surface area contributed by atoms with Crippen molar-refractivity contribution in [3.8, 4) is 6.07 Å². The molecule has 0 aromatic carbocycles. The third kappa shape index (κ3) is 1.83. The summed E-state index contributed by atoms with van der Waals surface area (Å²) in [6, 6.07) is 5.76. The van der Waals surface area contributed by atoms with E-state index in [1.54, 1.807) is 6.07 Å². The van der Waals surface area contributed by atoms with Gasteiger partial charge in [-0.1, -0.05) is 6.92 Å². The van der Waals surface area contributed by atoms with E-state index in [0.29, 0.717) is 5.56 Å². The highest BCUT2D eigenvalue weighted by molar-refractivity contribution is 5.44. The zero-order chi connectivity index (χ0) is 10.7. The summed E-state index contributed by atoms with van der Waals surface area (Å²) < 4.78 is 1.95. The fourth-order valence-corrected chi connectivity index (χ4v) is 1.48. The van der Waals surface area contributed by atoms with Crippen LogP contribution in [0.2, 0.25) is 0 Å². The van der Waals surface area contributed by atoms with E-state index in [4.69, 9.17) is 5.26 Å². The van der Waals surface area contributed by atoms with Crippen molar-refractivity contribution in [3.63, 3.8) is 0 Å². The number of hydrogen-bond donors (Lipinski definition) is 1. The molecule has 0 aliphatic heterocycles. The van der Waals surface area contributed by atoms with E-state index >= 15 is 0 Å². The first kappa shape index (κ1) is 9.69. The minimum atomic E-state index is 0.651. The van der Waals surface area contributed by atoms with E-state index in [1.807, 2.05) is 22.9 Å². The average molecular weight is 200 g/mol. The standard InChI is InChI=1S/C11H12N4/c1-2-13-6-10-7-14-11-4-3-9(5-12)8-15(10)11/h3-4,7-8,13H,2,6H2,1H3. The third-order valence-electron chi connectivity index (χ3n) is 2.27. The number of imidazole rings is 1. The Morgan fingerprint density at radius 2 is 2.40 bits per heavy atom. The lowest BCUT2D eigenvalue weighted by Gasteiger charge is -2.02. The SMILES string of the molecule is CCNCc1cnc2ccc(C#N)cn12. The summed E-state index contributed by atoms with van der Waals surface area (Å²) in [6.07, 6.45) is 3.65. The highest BCUT2D eigenvalue weighted by Gasteiger charge is 2.02. The van der Waals surface area contributed by atoms with Gasteiger partial charge in [-0.05, 0) is 18.7 Å². The van der Waals surface area contributed by atoms with Gasteiger partial charge in [-0.2, -0.15) is 5.26 Å². The smallest absolute Gasteiger partial charge is 0.137 e. The van der Waals surface area contributed by atoms with E-state index < -0.39 is 0 Å². The van der Waals surface area contributed by atoms with E-state index in [0.717, 1.165) is 24.4 Å². The number of nitriles is 1. The third-order valence-corrected chi connectivity index (χ3v) is 2.27. The first-order valence-corrected chi connectivity index (χ1v) is 4.92. The van der Waals surface area contributed by atoms with Crippen LogP contribution in [0.3, 0.4) is 0 Å². The van der Waals surface area contributed by atoms with Crippen LogP contribution in [-0.2, 0) is 6.54 Å². The van der Waals surface area contributed by atoms with E-state index in [1.165, 1.54) is 0 Å². The molecule has 0 fully saturated rings. The van der Waals surface area contributed by atoms with Gasteiger partial charge >= 0.3 is 0 Å². The molecule has 0 aliphatic rings. The molecule has 1 N–H and O–H groups in total. The molecule has 0 bridgehead atoms. The molecule has 15 heavy (non-hydrogen) atoms. The normalized spacial score (nSPS) is 10.4. The number of hydrogen-bond acceptors (Lipinski definition) is 3. The Kier molecular flexibility index (Phi) is 2.66. The van der Waals surface area contributed by atoms with Crippen LogP contribution in [0.25, 0.3) is 5.65 Å². The molecule has 2 rings (SSSR count). The van der Waals surface area contributed by atoms with Crippen LogP contribution in [0.4, 0.5) is 0 Å². The van der Waals surface area contributed by atoms with Gasteiger partial charge < -0.3 is 9.72 Å². The second-order valence-electron chi connectivity index (χ2n) is 3.29. The van der Waals surface area contributed by atoms with Gasteiger partial charge in [-0.3, -0.25) is 0 Å². The lowest BCUT2D eigenvalue weighted by molar-refractivity contribution is 0.705. The van der Waals surface area contributed by atoms with Gasteiger partial charge in [0.2, 0.25) is 0 Å². The summed E-state index contributed by atoms with van der Waals surface area (Å²) in [5.74, 6) is 0. The van der Waals surface area contributed by atoms with Crippen LogP contribution in [0.5, 0.6) is 0 Å². The number of nitrogens with one attached hydrogen (secondary N) is 1. The Morgan fingerprint density at radius 1 is 1.53 bits per heavy atom. The highest BCUT2D eigenvalue weighted by atomic mass is 15.0. The molecule has 2 aromatic rings. The zero-order valence-corrected chi connectivity index (χ0v) is 8.57. The van der Waals surface area contributed by atoms with Crippen LogP contribution in [0.1, 0.15) is 18.2 Å². The first-order chi connectivity index (χ1) is 7.35. The monoisotopic (exact) mass is 200 g/mol. The summed E-state index contributed by atoms with van der Waals surface area (Å²) in [5, 5.41) is 12.0. The quantitative estimate of drug-likeness (QED) is 0.812. The molecule has 0 aliphatic carbocycles. The summed E-state index contributed by atoms with van der Waals surface area (Å²) in [7, 11) is 0. The predicted molar refractivity (Wildman–Crippen MR) is 57.3 cm³/mol. The summed E-state index contributed by atoms with van der Waals surface area (Å²) >= 11 is 0. The van der Waals surface area contributed by atoms with Gasteiger partial charge in [-0.15, -0.1) is 0 Å². The summed E-state index contributed by atoms with van der Waals surface area (Å²) in [5.41, 5.74) is 2.60. The Bertz CT molecular complexity index is 507. The average Bonchev–Trinajstić information content (AvgIpc) is 2.68. The van der Waals surface area contributed by atoms with E-state index in [9.17, 15) is 0 Å². The first-order valence-electron chi connectivity index (χ1n) is 4.92. The molecule has 4 nitrogen and oxygen atoms in total. The van der Waals surface area contributed by atoms with Crippen molar-refractivity contribution in [3.05, 3.63) is 35.8 Å². The highest BCUT2D eigenvalue weighted by Crippen LogP contribution is 2.08. The Labute approximate surface area is 88.2 Å².